The van der Waals surface area contributed by atoms with E-state index >= 15 is 0 Å². The Morgan fingerprint density at radius 3 is 2.56 bits per heavy atom. The lowest BCUT2D eigenvalue weighted by atomic mass is 10.2. The third-order valence-corrected chi connectivity index (χ3v) is 3.76. The van der Waals surface area contributed by atoms with Crippen LogP contribution in [-0.2, 0) is 0 Å². The molecule has 2 N–H and O–H groups in total. The van der Waals surface area contributed by atoms with E-state index in [9.17, 15) is 0 Å². The molecule has 4 heteroatoms. The van der Waals surface area contributed by atoms with E-state index in [1.807, 2.05) is 6.07 Å². The van der Waals surface area contributed by atoms with E-state index in [1.54, 1.807) is 0 Å². The highest BCUT2D eigenvalue weighted by molar-refractivity contribution is 5.48. The van der Waals surface area contributed by atoms with Crippen molar-refractivity contribution in [1.82, 2.24) is 9.97 Å². The van der Waals surface area contributed by atoms with Gasteiger partial charge in [-0.15, -0.1) is 0 Å². The van der Waals surface area contributed by atoms with Gasteiger partial charge in [0, 0.05) is 24.6 Å². The van der Waals surface area contributed by atoms with Gasteiger partial charge in [-0.1, -0.05) is 0 Å². The molecule has 2 fully saturated rings. The summed E-state index contributed by atoms with van der Waals surface area (Å²) in [4.78, 5) is 11.5. The van der Waals surface area contributed by atoms with Gasteiger partial charge in [0.25, 0.3) is 0 Å². The van der Waals surface area contributed by atoms with E-state index in [1.165, 1.54) is 25.7 Å². The van der Waals surface area contributed by atoms with E-state index in [0.29, 0.717) is 17.8 Å². The molecule has 1 heterocycles. The Kier molecular flexibility index (Phi) is 2.88. The first-order valence-electron chi connectivity index (χ1n) is 7.04. The van der Waals surface area contributed by atoms with Crippen molar-refractivity contribution in [2.75, 3.05) is 17.2 Å². The number of hydrogen-bond acceptors (Lipinski definition) is 4. The van der Waals surface area contributed by atoms with Crippen molar-refractivity contribution >= 4 is 11.6 Å². The van der Waals surface area contributed by atoms with Crippen LogP contribution in [0.15, 0.2) is 6.07 Å². The highest BCUT2D eigenvalue weighted by Crippen LogP contribution is 2.39. The fourth-order valence-electron chi connectivity index (χ4n) is 2.29. The molecule has 2 saturated carbocycles. The minimum atomic E-state index is 0.465. The zero-order chi connectivity index (χ0) is 12.7. The number of nitrogen functional groups attached to an aromatic ring is 1. The fraction of sp³-hybridized carbons (Fsp3) is 0.714. The summed E-state index contributed by atoms with van der Waals surface area (Å²) in [5.74, 6) is 4.00. The largest absolute Gasteiger partial charge is 0.384 e. The molecule has 0 unspecified atom stereocenters. The van der Waals surface area contributed by atoms with Crippen molar-refractivity contribution in [3.05, 3.63) is 11.9 Å². The predicted molar refractivity (Wildman–Crippen MR) is 73.6 cm³/mol. The maximum absolute atomic E-state index is 5.93. The molecule has 4 nitrogen and oxygen atoms in total. The molecule has 0 amide bonds. The third kappa shape index (κ3) is 2.57. The summed E-state index contributed by atoms with van der Waals surface area (Å²) < 4.78 is 0. The number of aromatic nitrogens is 2. The number of nitrogens with two attached hydrogens (primary N) is 1. The van der Waals surface area contributed by atoms with Crippen molar-refractivity contribution in [3.8, 4) is 0 Å². The van der Waals surface area contributed by atoms with Crippen LogP contribution < -0.4 is 10.6 Å². The molecular weight excluding hydrogens is 224 g/mol. The molecule has 18 heavy (non-hydrogen) atoms. The Morgan fingerprint density at radius 1 is 1.28 bits per heavy atom. The molecule has 0 radical (unpaired) electrons. The summed E-state index contributed by atoms with van der Waals surface area (Å²) in [7, 11) is 0. The molecular formula is C14H22N4. The van der Waals surface area contributed by atoms with Crippen LogP contribution in [0, 0.1) is 5.92 Å². The van der Waals surface area contributed by atoms with Crippen LogP contribution >= 0.6 is 0 Å². The van der Waals surface area contributed by atoms with Crippen molar-refractivity contribution in [1.29, 1.82) is 0 Å². The van der Waals surface area contributed by atoms with E-state index in [2.05, 4.69) is 23.7 Å². The molecule has 98 valence electrons. The summed E-state index contributed by atoms with van der Waals surface area (Å²) in [6.07, 6.45) is 5.15. The van der Waals surface area contributed by atoms with Crippen LogP contribution in [0.4, 0.5) is 11.6 Å². The fourth-order valence-corrected chi connectivity index (χ4v) is 2.29. The van der Waals surface area contributed by atoms with Gasteiger partial charge in [-0.25, -0.2) is 9.97 Å². The Morgan fingerprint density at radius 2 is 2.00 bits per heavy atom. The first-order chi connectivity index (χ1) is 8.63. The second-order valence-corrected chi connectivity index (χ2v) is 5.97. The standard InChI is InChI=1S/C14H22N4/c1-9(2)18(8-10-3-4-10)13-7-12(15)16-14(17-13)11-5-6-11/h7,9-11H,3-6,8H2,1-2H3,(H2,15,16,17). The molecule has 1 aromatic heterocycles. The molecule has 0 atom stereocenters. The second kappa shape index (κ2) is 4.41. The molecule has 0 bridgehead atoms. The smallest absolute Gasteiger partial charge is 0.136 e. The van der Waals surface area contributed by atoms with E-state index in [4.69, 9.17) is 10.7 Å². The summed E-state index contributed by atoms with van der Waals surface area (Å²) in [5.41, 5.74) is 5.93. The Balaban J connectivity index is 1.86. The van der Waals surface area contributed by atoms with Gasteiger partial charge in [0.05, 0.1) is 0 Å². The zero-order valence-electron chi connectivity index (χ0n) is 11.3. The zero-order valence-corrected chi connectivity index (χ0v) is 11.3. The predicted octanol–water partition coefficient (Wildman–Crippen LogP) is 2.56. The van der Waals surface area contributed by atoms with Crippen molar-refractivity contribution in [3.63, 3.8) is 0 Å². The highest BCUT2D eigenvalue weighted by atomic mass is 15.2. The molecule has 1 aromatic rings. The molecule has 3 rings (SSSR count). The van der Waals surface area contributed by atoms with Gasteiger partial charge in [0.15, 0.2) is 0 Å². The molecule has 2 aliphatic carbocycles. The number of nitrogens with zero attached hydrogens (tertiary/aromatic N) is 3. The highest BCUT2D eigenvalue weighted by Gasteiger charge is 2.30. The first kappa shape index (κ1) is 11.8. The van der Waals surface area contributed by atoms with Crippen molar-refractivity contribution < 1.29 is 0 Å². The number of hydrogen-bond donors (Lipinski definition) is 1. The second-order valence-electron chi connectivity index (χ2n) is 5.97. The van der Waals surface area contributed by atoms with Crippen LogP contribution in [0.1, 0.15) is 51.3 Å². The van der Waals surface area contributed by atoms with Gasteiger partial charge < -0.3 is 10.6 Å². The maximum atomic E-state index is 5.93. The van der Waals surface area contributed by atoms with Gasteiger partial charge in [-0.05, 0) is 45.4 Å². The molecule has 0 aromatic carbocycles. The summed E-state index contributed by atoms with van der Waals surface area (Å²) in [6.45, 7) is 5.55. The lowest BCUT2D eigenvalue weighted by molar-refractivity contribution is 0.633. The van der Waals surface area contributed by atoms with Crippen LogP contribution in [0.2, 0.25) is 0 Å². The molecule has 2 aliphatic rings. The van der Waals surface area contributed by atoms with Gasteiger partial charge in [-0.2, -0.15) is 0 Å². The topological polar surface area (TPSA) is 55.0 Å². The Bertz CT molecular complexity index is 435. The number of rotatable bonds is 5. The van der Waals surface area contributed by atoms with E-state index in [0.717, 1.165) is 24.1 Å². The third-order valence-electron chi connectivity index (χ3n) is 3.76. The van der Waals surface area contributed by atoms with E-state index < -0.39 is 0 Å². The SMILES string of the molecule is CC(C)N(CC1CC1)c1cc(N)nc(C2CC2)n1. The normalized spacial score (nSPS) is 19.3. The Hall–Kier alpha value is -1.32. The minimum Gasteiger partial charge on any atom is -0.384 e. The Labute approximate surface area is 109 Å². The van der Waals surface area contributed by atoms with Crippen LogP contribution in [0.3, 0.4) is 0 Å². The van der Waals surface area contributed by atoms with Crippen LogP contribution in [0.25, 0.3) is 0 Å². The lowest BCUT2D eigenvalue weighted by Crippen LogP contribution is -2.33. The van der Waals surface area contributed by atoms with Gasteiger partial charge in [0.2, 0.25) is 0 Å². The summed E-state index contributed by atoms with van der Waals surface area (Å²) in [5, 5.41) is 0. The average Bonchev–Trinajstić information content (AvgIpc) is 3.16. The molecule has 0 spiro atoms. The summed E-state index contributed by atoms with van der Waals surface area (Å²) >= 11 is 0. The minimum absolute atomic E-state index is 0.465. The van der Waals surface area contributed by atoms with Crippen LogP contribution in [0.5, 0.6) is 0 Å². The van der Waals surface area contributed by atoms with Crippen molar-refractivity contribution in [2.24, 2.45) is 5.92 Å². The van der Waals surface area contributed by atoms with Crippen LogP contribution in [-0.4, -0.2) is 22.6 Å². The molecule has 0 saturated heterocycles. The average molecular weight is 246 g/mol. The maximum Gasteiger partial charge on any atom is 0.136 e. The van der Waals surface area contributed by atoms with Gasteiger partial charge >= 0.3 is 0 Å². The van der Waals surface area contributed by atoms with Crippen molar-refractivity contribution in [2.45, 2.75) is 51.5 Å². The quantitative estimate of drug-likeness (QED) is 0.867. The van der Waals surface area contributed by atoms with Gasteiger partial charge in [-0.3, -0.25) is 0 Å². The van der Waals surface area contributed by atoms with E-state index in [-0.39, 0.29) is 0 Å². The van der Waals surface area contributed by atoms with Gasteiger partial charge in [0.1, 0.15) is 17.5 Å². The monoisotopic (exact) mass is 246 g/mol. The number of anilines is 2. The molecule has 0 aliphatic heterocycles. The summed E-state index contributed by atoms with van der Waals surface area (Å²) in [6, 6.07) is 2.39. The lowest BCUT2D eigenvalue weighted by Gasteiger charge is -2.28. The first-order valence-corrected chi connectivity index (χ1v) is 7.04.